The lowest BCUT2D eigenvalue weighted by molar-refractivity contribution is 0.175. The van der Waals surface area contributed by atoms with E-state index in [2.05, 4.69) is 25.5 Å². The molecule has 1 saturated carbocycles. The Kier molecular flexibility index (Phi) is 3.20. The summed E-state index contributed by atoms with van der Waals surface area (Å²) < 4.78 is 2.45. The van der Waals surface area contributed by atoms with E-state index < -0.39 is 0 Å². The first kappa shape index (κ1) is 9.55. The molecule has 2 fully saturated rings. The van der Waals surface area contributed by atoms with E-state index in [4.69, 9.17) is 0 Å². The molecule has 4 heteroatoms. The van der Waals surface area contributed by atoms with Crippen LogP contribution in [0.3, 0.4) is 0 Å². The SMILES string of the molecule is OC1CC2CCCN(SI)C2C1. The van der Waals surface area contributed by atoms with Gasteiger partial charge in [0.15, 0.2) is 0 Å². The average Bonchev–Trinajstić information content (AvgIpc) is 2.44. The molecular weight excluding hydrogens is 285 g/mol. The first-order valence-electron chi connectivity index (χ1n) is 4.54. The number of fused-ring (bicyclic) bond motifs is 1. The fourth-order valence-electron chi connectivity index (χ4n) is 2.50. The zero-order chi connectivity index (χ0) is 8.55. The summed E-state index contributed by atoms with van der Waals surface area (Å²) in [6.07, 6.45) is 4.65. The van der Waals surface area contributed by atoms with E-state index >= 15 is 0 Å². The third-order valence-electron chi connectivity index (χ3n) is 3.04. The fourth-order valence-corrected chi connectivity index (χ4v) is 4.52. The van der Waals surface area contributed by atoms with Crippen molar-refractivity contribution in [2.45, 2.75) is 37.8 Å². The molecule has 1 N–H and O–H groups in total. The lowest BCUT2D eigenvalue weighted by atomic mass is 9.94. The number of halogens is 1. The highest BCUT2D eigenvalue weighted by Crippen LogP contribution is 2.41. The Labute approximate surface area is 89.8 Å². The van der Waals surface area contributed by atoms with Gasteiger partial charge >= 0.3 is 0 Å². The van der Waals surface area contributed by atoms with E-state index in [1.165, 1.54) is 19.4 Å². The van der Waals surface area contributed by atoms with Crippen molar-refractivity contribution >= 4 is 30.3 Å². The molecule has 0 aromatic heterocycles. The van der Waals surface area contributed by atoms with Gasteiger partial charge in [-0.1, -0.05) is 0 Å². The standard InChI is InChI=1S/C8H14INOS/c9-12-10-3-1-2-6-4-7(11)5-8(6)10/h6-8,11H,1-5H2. The second-order valence-electron chi connectivity index (χ2n) is 3.80. The molecule has 70 valence electrons. The maximum absolute atomic E-state index is 9.53. The van der Waals surface area contributed by atoms with Crippen molar-refractivity contribution in [2.75, 3.05) is 6.54 Å². The highest BCUT2D eigenvalue weighted by molar-refractivity contribution is 14.2. The predicted octanol–water partition coefficient (Wildman–Crippen LogP) is 2.22. The van der Waals surface area contributed by atoms with Crippen molar-refractivity contribution < 1.29 is 5.11 Å². The van der Waals surface area contributed by atoms with Gasteiger partial charge in [0.05, 0.1) is 6.10 Å². The Bertz CT molecular complexity index is 163. The van der Waals surface area contributed by atoms with Gasteiger partial charge in [-0.2, -0.15) is 0 Å². The Balaban J connectivity index is 2.02. The van der Waals surface area contributed by atoms with Crippen molar-refractivity contribution in [3.05, 3.63) is 0 Å². The topological polar surface area (TPSA) is 23.5 Å². The fraction of sp³-hybridized carbons (Fsp3) is 1.00. The molecule has 3 atom stereocenters. The van der Waals surface area contributed by atoms with E-state index in [9.17, 15) is 5.11 Å². The van der Waals surface area contributed by atoms with Crippen LogP contribution in [0.25, 0.3) is 0 Å². The third-order valence-corrected chi connectivity index (χ3v) is 5.19. The van der Waals surface area contributed by atoms with Crippen LogP contribution in [0.4, 0.5) is 0 Å². The number of piperidine rings is 1. The Hall–Kier alpha value is 1.00. The minimum absolute atomic E-state index is 0.0239. The van der Waals surface area contributed by atoms with Gasteiger partial charge < -0.3 is 5.11 Å². The minimum atomic E-state index is -0.0239. The second kappa shape index (κ2) is 4.02. The summed E-state index contributed by atoms with van der Waals surface area (Å²) in [4.78, 5) is 0. The van der Waals surface area contributed by atoms with E-state index in [0.29, 0.717) is 6.04 Å². The molecule has 0 amide bonds. The van der Waals surface area contributed by atoms with Crippen LogP contribution in [-0.4, -0.2) is 28.1 Å². The van der Waals surface area contributed by atoms with Crippen LogP contribution < -0.4 is 0 Å². The first-order chi connectivity index (χ1) is 5.81. The van der Waals surface area contributed by atoms with Gasteiger partial charge in [-0.25, -0.2) is 4.31 Å². The zero-order valence-electron chi connectivity index (χ0n) is 6.95. The molecule has 2 rings (SSSR count). The van der Waals surface area contributed by atoms with E-state index in [0.717, 1.165) is 18.8 Å². The van der Waals surface area contributed by atoms with Crippen molar-refractivity contribution in [2.24, 2.45) is 5.92 Å². The molecule has 0 radical (unpaired) electrons. The van der Waals surface area contributed by atoms with Gasteiger partial charge in [-0.05, 0) is 40.7 Å². The van der Waals surface area contributed by atoms with E-state index in [1.54, 1.807) is 0 Å². The van der Waals surface area contributed by atoms with Crippen LogP contribution in [0.15, 0.2) is 0 Å². The normalized spacial score (nSPS) is 43.0. The van der Waals surface area contributed by atoms with Gasteiger partial charge in [-0.3, -0.25) is 0 Å². The Morgan fingerprint density at radius 1 is 1.42 bits per heavy atom. The lowest BCUT2D eigenvalue weighted by Gasteiger charge is -2.34. The maximum Gasteiger partial charge on any atom is 0.0558 e. The van der Waals surface area contributed by atoms with Gasteiger partial charge in [0.25, 0.3) is 0 Å². The summed E-state index contributed by atoms with van der Waals surface area (Å²) >= 11 is 2.35. The molecule has 1 saturated heterocycles. The smallest absolute Gasteiger partial charge is 0.0558 e. The van der Waals surface area contributed by atoms with Gasteiger partial charge in [0.1, 0.15) is 0 Å². The third kappa shape index (κ3) is 1.76. The summed E-state index contributed by atoms with van der Waals surface area (Å²) in [5.74, 6) is 0.774. The van der Waals surface area contributed by atoms with Gasteiger partial charge in [0.2, 0.25) is 0 Å². The van der Waals surface area contributed by atoms with E-state index in [-0.39, 0.29) is 6.10 Å². The minimum Gasteiger partial charge on any atom is -0.393 e. The summed E-state index contributed by atoms with van der Waals surface area (Å²) in [5, 5.41) is 9.53. The number of nitrogens with zero attached hydrogens (tertiary/aromatic N) is 1. The molecule has 3 unspecified atom stereocenters. The van der Waals surface area contributed by atoms with Crippen LogP contribution in [0, 0.1) is 5.92 Å². The molecule has 2 aliphatic rings. The monoisotopic (exact) mass is 299 g/mol. The average molecular weight is 299 g/mol. The highest BCUT2D eigenvalue weighted by Gasteiger charge is 2.39. The lowest BCUT2D eigenvalue weighted by Crippen LogP contribution is -2.37. The van der Waals surface area contributed by atoms with Crippen LogP contribution in [-0.2, 0) is 0 Å². The van der Waals surface area contributed by atoms with Crippen molar-refractivity contribution in [1.29, 1.82) is 0 Å². The zero-order valence-corrected chi connectivity index (χ0v) is 9.92. The number of hydrogen-bond donors (Lipinski definition) is 1. The van der Waals surface area contributed by atoms with Crippen molar-refractivity contribution in [1.82, 2.24) is 4.31 Å². The first-order valence-corrected chi connectivity index (χ1v) is 7.86. The van der Waals surface area contributed by atoms with Crippen molar-refractivity contribution in [3.63, 3.8) is 0 Å². The molecule has 12 heavy (non-hydrogen) atoms. The van der Waals surface area contributed by atoms with Crippen LogP contribution in [0.1, 0.15) is 25.7 Å². The summed E-state index contributed by atoms with van der Waals surface area (Å²) in [7, 11) is 1.82. The summed E-state index contributed by atoms with van der Waals surface area (Å²) in [5.41, 5.74) is 0. The van der Waals surface area contributed by atoms with Gasteiger partial charge in [0, 0.05) is 33.8 Å². The predicted molar refractivity (Wildman–Crippen MR) is 60.1 cm³/mol. The molecule has 0 bridgehead atoms. The van der Waals surface area contributed by atoms with E-state index in [1.807, 2.05) is 9.12 Å². The molecule has 0 spiro atoms. The molecular formula is C8H14INOS. The molecule has 1 aliphatic carbocycles. The Morgan fingerprint density at radius 3 is 3.00 bits per heavy atom. The van der Waals surface area contributed by atoms with Crippen LogP contribution in [0.2, 0.25) is 0 Å². The number of aliphatic hydroxyl groups is 1. The molecule has 1 aliphatic heterocycles. The largest absolute Gasteiger partial charge is 0.393 e. The molecule has 1 heterocycles. The molecule has 2 nitrogen and oxygen atoms in total. The van der Waals surface area contributed by atoms with Crippen LogP contribution in [0.5, 0.6) is 0 Å². The Morgan fingerprint density at radius 2 is 2.25 bits per heavy atom. The second-order valence-corrected chi connectivity index (χ2v) is 5.59. The molecule has 0 aromatic carbocycles. The quantitative estimate of drug-likeness (QED) is 0.593. The summed E-state index contributed by atoms with van der Waals surface area (Å²) in [6, 6.07) is 0.663. The van der Waals surface area contributed by atoms with Gasteiger partial charge in [-0.15, -0.1) is 0 Å². The highest BCUT2D eigenvalue weighted by atomic mass is 127. The number of aliphatic hydroxyl groups excluding tert-OH is 1. The molecule has 0 aromatic rings. The number of rotatable bonds is 1. The van der Waals surface area contributed by atoms with Crippen molar-refractivity contribution in [3.8, 4) is 0 Å². The van der Waals surface area contributed by atoms with Crippen LogP contribution >= 0.6 is 30.3 Å². The number of hydrogen-bond acceptors (Lipinski definition) is 3. The summed E-state index contributed by atoms with van der Waals surface area (Å²) in [6.45, 7) is 1.21. The maximum atomic E-state index is 9.53.